The van der Waals surface area contributed by atoms with Crippen LogP contribution in [0.2, 0.25) is 8.87 Å². The van der Waals surface area contributed by atoms with Crippen LogP contribution < -0.4 is 0 Å². The van der Waals surface area contributed by atoms with Crippen LogP contribution in [0.4, 0.5) is 0 Å². The van der Waals surface area contributed by atoms with Gasteiger partial charge in [-0.05, 0) is 0 Å². The van der Waals surface area contributed by atoms with Crippen LogP contribution in [0.5, 0.6) is 0 Å². The molecule has 0 saturated carbocycles. The van der Waals surface area contributed by atoms with Crippen LogP contribution in [0.25, 0.3) is 0 Å². The molecule has 21 heavy (non-hydrogen) atoms. The molecule has 0 aromatic rings. The van der Waals surface area contributed by atoms with Crippen molar-refractivity contribution in [3.05, 3.63) is 0 Å². The fourth-order valence-electron chi connectivity index (χ4n) is 2.28. The molecule has 0 atom stereocenters. The molecule has 0 aliphatic rings. The van der Waals surface area contributed by atoms with Crippen LogP contribution in [0.3, 0.4) is 0 Å². The molecule has 0 amide bonds. The molecule has 0 N–H and O–H groups in total. The Bertz CT molecular complexity index is 205. The molecule has 0 aromatic carbocycles. The van der Waals surface area contributed by atoms with E-state index in [1.165, 1.54) is 47.4 Å². The molecule has 0 bridgehead atoms. The molecule has 3 heteroatoms. The minimum absolute atomic E-state index is 0.754. The van der Waals surface area contributed by atoms with E-state index in [9.17, 15) is 0 Å². The quantitative estimate of drug-likeness (QED) is 0.254. The maximum atomic E-state index is 6.51. The van der Waals surface area contributed by atoms with Gasteiger partial charge in [0.2, 0.25) is 0 Å². The first-order chi connectivity index (χ1) is 9.95. The summed E-state index contributed by atoms with van der Waals surface area (Å²) in [7, 11) is 0. The van der Waals surface area contributed by atoms with Crippen molar-refractivity contribution < 1.29 is 6.15 Å². The molecule has 0 radical (unpaired) electrons. The van der Waals surface area contributed by atoms with Crippen molar-refractivity contribution in [3.8, 4) is 0 Å². The summed E-state index contributed by atoms with van der Waals surface area (Å²) in [5, 5.41) is 0. The number of rotatable bonds is 14. The summed E-state index contributed by atoms with van der Waals surface area (Å²) in [6.45, 7) is 15.6. The second-order valence-electron chi connectivity index (χ2n) is 7.18. The van der Waals surface area contributed by atoms with Gasteiger partial charge in [-0.15, -0.1) is 0 Å². The first kappa shape index (κ1) is 21.7. The molecule has 0 spiro atoms. The van der Waals surface area contributed by atoms with E-state index in [1.54, 1.807) is 0 Å². The molecule has 0 unspecified atom stereocenters. The van der Waals surface area contributed by atoms with Crippen molar-refractivity contribution in [3.63, 3.8) is 0 Å². The van der Waals surface area contributed by atoms with Gasteiger partial charge in [0.05, 0.1) is 0 Å². The first-order valence-electron chi connectivity index (χ1n) is 9.23. The average molecular weight is 407 g/mol. The summed E-state index contributed by atoms with van der Waals surface area (Å²) < 4.78 is 15.5. The summed E-state index contributed by atoms with van der Waals surface area (Å²) in [5.41, 5.74) is 0. The van der Waals surface area contributed by atoms with Crippen molar-refractivity contribution in [2.75, 3.05) is 13.2 Å². The molecular formula is C18H40O2Sn. The van der Waals surface area contributed by atoms with E-state index in [0.717, 1.165) is 25.0 Å². The fraction of sp³-hybridized carbons (Fsp3) is 1.00. The van der Waals surface area contributed by atoms with Crippen molar-refractivity contribution in [2.45, 2.75) is 88.9 Å². The fourth-order valence-corrected chi connectivity index (χ4v) is 13.6. The van der Waals surface area contributed by atoms with Crippen LogP contribution in [-0.2, 0) is 6.15 Å². The molecule has 0 aromatic heterocycles. The zero-order chi connectivity index (χ0) is 16.1. The molecule has 0 aliphatic heterocycles. The topological polar surface area (TPSA) is 18.5 Å². The van der Waals surface area contributed by atoms with E-state index < -0.39 is 19.2 Å². The molecule has 0 saturated heterocycles. The van der Waals surface area contributed by atoms with Gasteiger partial charge in [-0.3, -0.25) is 0 Å². The van der Waals surface area contributed by atoms with Gasteiger partial charge in [0.15, 0.2) is 0 Å². The molecule has 0 rings (SSSR count). The van der Waals surface area contributed by atoms with Crippen LogP contribution in [0.1, 0.15) is 80.1 Å². The molecule has 0 fully saturated rings. The predicted octanol–water partition coefficient (Wildman–Crippen LogP) is 6.15. The zero-order valence-electron chi connectivity index (χ0n) is 15.5. The Labute approximate surface area is 139 Å². The van der Waals surface area contributed by atoms with Gasteiger partial charge in [-0.1, -0.05) is 0 Å². The monoisotopic (exact) mass is 408 g/mol. The average Bonchev–Trinajstić information content (AvgIpc) is 2.43. The van der Waals surface area contributed by atoms with Gasteiger partial charge in [0.25, 0.3) is 0 Å². The molecular weight excluding hydrogens is 367 g/mol. The van der Waals surface area contributed by atoms with Gasteiger partial charge in [-0.25, -0.2) is 0 Å². The molecule has 0 aliphatic carbocycles. The van der Waals surface area contributed by atoms with E-state index in [1.807, 2.05) is 0 Å². The van der Waals surface area contributed by atoms with Crippen molar-refractivity contribution in [2.24, 2.45) is 11.8 Å². The van der Waals surface area contributed by atoms with Crippen molar-refractivity contribution >= 4 is 19.2 Å². The minimum atomic E-state index is -2.85. The summed E-state index contributed by atoms with van der Waals surface area (Å²) in [4.78, 5) is 0. The Hall–Kier alpha value is 0.719. The third-order valence-electron chi connectivity index (χ3n) is 3.93. The normalized spacial score (nSPS) is 12.6. The Morgan fingerprint density at radius 1 is 0.714 bits per heavy atom. The second-order valence-corrected chi connectivity index (χ2v) is 16.9. The molecule has 128 valence electrons. The van der Waals surface area contributed by atoms with E-state index in [-0.39, 0.29) is 0 Å². The van der Waals surface area contributed by atoms with Gasteiger partial charge >= 0.3 is 139 Å². The van der Waals surface area contributed by atoms with E-state index >= 15 is 0 Å². The van der Waals surface area contributed by atoms with E-state index in [4.69, 9.17) is 6.15 Å². The molecule has 2 nitrogen and oxygen atoms in total. The number of hydrogen-bond acceptors (Lipinski definition) is 2. The Balaban J connectivity index is 4.68. The second kappa shape index (κ2) is 13.2. The van der Waals surface area contributed by atoms with E-state index in [0.29, 0.717) is 0 Å². The maximum absolute atomic E-state index is 6.51. The third-order valence-corrected chi connectivity index (χ3v) is 14.1. The summed E-state index contributed by atoms with van der Waals surface area (Å²) in [5.74, 6) is 1.51. The standard InChI is InChI=1S/2C5H11.2C4H9O.Sn/c2*1-4-5(2)3;2*1-2-3-4-5;/h2*5H,1,4H2,2-3H3;2*2-4H2,1H3;/q;;2*-1;+2. The van der Waals surface area contributed by atoms with Crippen LogP contribution in [0, 0.1) is 11.8 Å². The van der Waals surface area contributed by atoms with Crippen LogP contribution >= 0.6 is 0 Å². The Morgan fingerprint density at radius 3 is 1.38 bits per heavy atom. The Kier molecular flexibility index (Phi) is 13.6. The number of unbranched alkanes of at least 4 members (excludes halogenated alkanes) is 2. The molecule has 0 heterocycles. The predicted molar refractivity (Wildman–Crippen MR) is 96.0 cm³/mol. The van der Waals surface area contributed by atoms with Crippen molar-refractivity contribution in [1.29, 1.82) is 0 Å². The summed E-state index contributed by atoms with van der Waals surface area (Å²) in [6.07, 6.45) is 7.33. The zero-order valence-corrected chi connectivity index (χ0v) is 18.4. The van der Waals surface area contributed by atoms with Gasteiger partial charge in [-0.2, -0.15) is 0 Å². The van der Waals surface area contributed by atoms with Crippen molar-refractivity contribution in [1.82, 2.24) is 0 Å². The first-order valence-corrected chi connectivity index (χ1v) is 15.6. The SMILES string of the molecule is CCCC[O][Sn]([CH2]CC(C)C)([CH2]CC(C)C)[O]CCCC. The number of hydrogen-bond donors (Lipinski definition) is 0. The summed E-state index contributed by atoms with van der Waals surface area (Å²) >= 11 is -2.85. The van der Waals surface area contributed by atoms with E-state index in [2.05, 4.69) is 41.5 Å². The van der Waals surface area contributed by atoms with Gasteiger partial charge in [0.1, 0.15) is 0 Å². The van der Waals surface area contributed by atoms with Crippen LogP contribution in [-0.4, -0.2) is 32.4 Å². The Morgan fingerprint density at radius 2 is 1.10 bits per heavy atom. The van der Waals surface area contributed by atoms with Gasteiger partial charge in [0, 0.05) is 0 Å². The van der Waals surface area contributed by atoms with Crippen LogP contribution in [0.15, 0.2) is 0 Å². The van der Waals surface area contributed by atoms with Gasteiger partial charge < -0.3 is 0 Å². The third kappa shape index (κ3) is 11.9. The summed E-state index contributed by atoms with van der Waals surface area (Å²) in [6, 6.07) is 0.